The predicted octanol–water partition coefficient (Wildman–Crippen LogP) is 0.0704. The van der Waals surface area contributed by atoms with Gasteiger partial charge < -0.3 is 15.8 Å². The SMILES string of the molecule is CNS(=O)(=O)c1cc(C(=O)NC(CN)C2CC2)ccc1OC. The van der Waals surface area contributed by atoms with Gasteiger partial charge in [0.1, 0.15) is 10.6 Å². The number of amides is 1. The third-order valence-corrected chi connectivity index (χ3v) is 5.18. The summed E-state index contributed by atoms with van der Waals surface area (Å²) in [4.78, 5) is 12.2. The van der Waals surface area contributed by atoms with E-state index in [0.717, 1.165) is 12.8 Å². The summed E-state index contributed by atoms with van der Waals surface area (Å²) in [5, 5.41) is 2.86. The lowest BCUT2D eigenvalue weighted by Gasteiger charge is -2.17. The van der Waals surface area contributed by atoms with Gasteiger partial charge in [-0.1, -0.05) is 0 Å². The monoisotopic (exact) mass is 327 g/mol. The van der Waals surface area contributed by atoms with Crippen molar-refractivity contribution in [3.05, 3.63) is 23.8 Å². The van der Waals surface area contributed by atoms with E-state index in [1.165, 1.54) is 32.4 Å². The standard InChI is InChI=1S/C14H21N3O4S/c1-16-22(19,20)13-7-10(5-6-12(13)21-2)14(18)17-11(8-15)9-3-4-9/h5-7,9,11,16H,3-4,8,15H2,1-2H3,(H,17,18). The van der Waals surface area contributed by atoms with Crippen molar-refractivity contribution in [2.75, 3.05) is 20.7 Å². The summed E-state index contributed by atoms with van der Waals surface area (Å²) in [6, 6.07) is 4.23. The number of benzene rings is 1. The minimum atomic E-state index is -3.71. The van der Waals surface area contributed by atoms with Crippen molar-refractivity contribution in [1.29, 1.82) is 0 Å². The highest BCUT2D eigenvalue weighted by molar-refractivity contribution is 7.89. The number of hydrogen-bond donors (Lipinski definition) is 3. The third kappa shape index (κ3) is 3.57. The Hall–Kier alpha value is -1.64. The van der Waals surface area contributed by atoms with E-state index in [2.05, 4.69) is 10.0 Å². The number of carbonyl (C=O) groups excluding carboxylic acids is 1. The lowest BCUT2D eigenvalue weighted by Crippen LogP contribution is -2.41. The molecule has 0 heterocycles. The van der Waals surface area contributed by atoms with Gasteiger partial charge in [0, 0.05) is 18.2 Å². The first kappa shape index (κ1) is 16.7. The van der Waals surface area contributed by atoms with Gasteiger partial charge in [-0.25, -0.2) is 13.1 Å². The Morgan fingerprint density at radius 2 is 2.14 bits per heavy atom. The van der Waals surface area contributed by atoms with Crippen LogP contribution in [0.15, 0.2) is 23.1 Å². The largest absolute Gasteiger partial charge is 0.495 e. The van der Waals surface area contributed by atoms with Crippen LogP contribution < -0.4 is 20.5 Å². The molecule has 0 bridgehead atoms. The van der Waals surface area contributed by atoms with E-state index in [0.29, 0.717) is 12.5 Å². The molecule has 1 amide bonds. The van der Waals surface area contributed by atoms with E-state index in [4.69, 9.17) is 10.5 Å². The molecule has 0 spiro atoms. The zero-order valence-corrected chi connectivity index (χ0v) is 13.4. The van der Waals surface area contributed by atoms with Gasteiger partial charge in [0.05, 0.1) is 7.11 Å². The van der Waals surface area contributed by atoms with E-state index in [-0.39, 0.29) is 28.2 Å². The van der Waals surface area contributed by atoms with Crippen molar-refractivity contribution in [2.24, 2.45) is 11.7 Å². The van der Waals surface area contributed by atoms with E-state index < -0.39 is 10.0 Å². The number of nitrogens with two attached hydrogens (primary N) is 1. The summed E-state index contributed by atoms with van der Waals surface area (Å²) in [6.45, 7) is 0.369. The predicted molar refractivity (Wildman–Crippen MR) is 82.3 cm³/mol. The second kappa shape index (κ2) is 6.64. The van der Waals surface area contributed by atoms with Crippen molar-refractivity contribution in [1.82, 2.24) is 10.0 Å². The van der Waals surface area contributed by atoms with Crippen LogP contribution in [0.25, 0.3) is 0 Å². The Morgan fingerprint density at radius 3 is 2.64 bits per heavy atom. The molecule has 1 fully saturated rings. The molecule has 0 aromatic heterocycles. The van der Waals surface area contributed by atoms with Gasteiger partial charge in [-0.3, -0.25) is 4.79 Å². The van der Waals surface area contributed by atoms with E-state index >= 15 is 0 Å². The van der Waals surface area contributed by atoms with Gasteiger partial charge in [0.25, 0.3) is 5.91 Å². The number of methoxy groups -OCH3 is 1. The number of carbonyl (C=O) groups is 1. The zero-order chi connectivity index (χ0) is 16.3. The van der Waals surface area contributed by atoms with Crippen molar-refractivity contribution in [3.8, 4) is 5.75 Å². The molecule has 1 atom stereocenters. The van der Waals surface area contributed by atoms with Crippen LogP contribution in [-0.4, -0.2) is 41.1 Å². The highest BCUT2D eigenvalue weighted by Gasteiger charge is 2.31. The summed E-state index contributed by atoms with van der Waals surface area (Å²) in [5.41, 5.74) is 5.92. The number of sulfonamides is 1. The molecule has 1 aromatic rings. The minimum Gasteiger partial charge on any atom is -0.495 e. The van der Waals surface area contributed by atoms with Crippen LogP contribution in [0.1, 0.15) is 23.2 Å². The maximum absolute atomic E-state index is 12.3. The van der Waals surface area contributed by atoms with Crippen LogP contribution in [0.3, 0.4) is 0 Å². The maximum Gasteiger partial charge on any atom is 0.251 e. The van der Waals surface area contributed by atoms with Gasteiger partial charge in [-0.05, 0) is 44.0 Å². The van der Waals surface area contributed by atoms with Crippen molar-refractivity contribution >= 4 is 15.9 Å². The minimum absolute atomic E-state index is 0.0686. The molecule has 0 aliphatic heterocycles. The van der Waals surface area contributed by atoms with Gasteiger partial charge in [0.15, 0.2) is 0 Å². The van der Waals surface area contributed by atoms with Crippen molar-refractivity contribution in [2.45, 2.75) is 23.8 Å². The van der Waals surface area contributed by atoms with Crippen molar-refractivity contribution < 1.29 is 17.9 Å². The molecule has 0 saturated heterocycles. The third-order valence-electron chi connectivity index (χ3n) is 3.75. The summed E-state index contributed by atoms with van der Waals surface area (Å²) in [7, 11) is -1.03. The molecule has 22 heavy (non-hydrogen) atoms. The molecule has 7 nitrogen and oxygen atoms in total. The topological polar surface area (TPSA) is 111 Å². The summed E-state index contributed by atoms with van der Waals surface area (Å²) >= 11 is 0. The van der Waals surface area contributed by atoms with Gasteiger partial charge in [0.2, 0.25) is 10.0 Å². The average molecular weight is 327 g/mol. The fourth-order valence-corrected chi connectivity index (χ4v) is 3.18. The van der Waals surface area contributed by atoms with Crippen LogP contribution in [0.4, 0.5) is 0 Å². The Bertz CT molecular complexity index is 656. The fraction of sp³-hybridized carbons (Fsp3) is 0.500. The second-order valence-corrected chi connectivity index (χ2v) is 7.08. The number of ether oxygens (including phenoxy) is 1. The van der Waals surface area contributed by atoms with Crippen LogP contribution in [0.2, 0.25) is 0 Å². The molecule has 1 aliphatic rings. The van der Waals surface area contributed by atoms with Crippen LogP contribution in [0.5, 0.6) is 5.75 Å². The van der Waals surface area contributed by atoms with Gasteiger partial charge in [-0.15, -0.1) is 0 Å². The second-order valence-electron chi connectivity index (χ2n) is 5.23. The molecule has 8 heteroatoms. The molecule has 1 saturated carbocycles. The van der Waals surface area contributed by atoms with E-state index in [1.54, 1.807) is 0 Å². The van der Waals surface area contributed by atoms with Gasteiger partial charge >= 0.3 is 0 Å². The highest BCUT2D eigenvalue weighted by Crippen LogP contribution is 2.32. The molecule has 4 N–H and O–H groups in total. The molecular formula is C14H21N3O4S. The first-order chi connectivity index (χ1) is 10.4. The Labute approximate surface area is 130 Å². The van der Waals surface area contributed by atoms with Gasteiger partial charge in [-0.2, -0.15) is 0 Å². The molecule has 2 rings (SSSR count). The molecule has 1 aliphatic carbocycles. The quantitative estimate of drug-likeness (QED) is 0.656. The number of nitrogens with one attached hydrogen (secondary N) is 2. The van der Waals surface area contributed by atoms with Crippen LogP contribution in [0, 0.1) is 5.92 Å². The Morgan fingerprint density at radius 1 is 1.45 bits per heavy atom. The molecule has 1 unspecified atom stereocenters. The Balaban J connectivity index is 2.28. The molecular weight excluding hydrogens is 306 g/mol. The van der Waals surface area contributed by atoms with Crippen molar-refractivity contribution in [3.63, 3.8) is 0 Å². The number of rotatable bonds is 7. The van der Waals surface area contributed by atoms with E-state index in [1.807, 2.05) is 0 Å². The molecule has 122 valence electrons. The summed E-state index contributed by atoms with van der Waals surface area (Å²) in [6.07, 6.45) is 2.12. The first-order valence-corrected chi connectivity index (χ1v) is 8.53. The maximum atomic E-state index is 12.3. The highest BCUT2D eigenvalue weighted by atomic mass is 32.2. The normalized spacial score (nSPS) is 16.1. The summed E-state index contributed by atoms with van der Waals surface area (Å²) < 4.78 is 31.3. The fourth-order valence-electron chi connectivity index (χ4n) is 2.26. The smallest absolute Gasteiger partial charge is 0.251 e. The first-order valence-electron chi connectivity index (χ1n) is 7.05. The van der Waals surface area contributed by atoms with Crippen LogP contribution >= 0.6 is 0 Å². The number of hydrogen-bond acceptors (Lipinski definition) is 5. The van der Waals surface area contributed by atoms with Crippen LogP contribution in [-0.2, 0) is 10.0 Å². The summed E-state index contributed by atoms with van der Waals surface area (Å²) in [5.74, 6) is 0.272. The Kier molecular flexibility index (Phi) is 5.05. The van der Waals surface area contributed by atoms with E-state index in [9.17, 15) is 13.2 Å². The lowest BCUT2D eigenvalue weighted by molar-refractivity contribution is 0.0933. The average Bonchev–Trinajstić information content (AvgIpc) is 3.36. The molecule has 1 aromatic carbocycles. The zero-order valence-electron chi connectivity index (χ0n) is 12.6. The molecule has 0 radical (unpaired) electrons. The lowest BCUT2D eigenvalue weighted by atomic mass is 10.1.